The zero-order chi connectivity index (χ0) is 19.4. The van der Waals surface area contributed by atoms with Gasteiger partial charge in [-0.15, -0.1) is 11.3 Å². The van der Waals surface area contributed by atoms with E-state index in [4.69, 9.17) is 21.5 Å². The lowest BCUT2D eigenvalue weighted by Gasteiger charge is -2.27. The molecule has 3 rings (SSSR count). The summed E-state index contributed by atoms with van der Waals surface area (Å²) in [5.41, 5.74) is 2.44. The Hall–Kier alpha value is -1.98. The Balaban J connectivity index is 1.65. The highest BCUT2D eigenvalue weighted by Gasteiger charge is 2.16. The largest absolute Gasteiger partial charge is 0.378 e. The molecule has 1 saturated heterocycles. The first kappa shape index (κ1) is 19.8. The van der Waals surface area contributed by atoms with Gasteiger partial charge in [-0.05, 0) is 30.3 Å². The second-order valence-electron chi connectivity index (χ2n) is 5.66. The number of nitrogens with two attached hydrogens (primary N) is 1. The van der Waals surface area contributed by atoms with E-state index in [-0.39, 0.29) is 15.5 Å². The van der Waals surface area contributed by atoms with E-state index in [9.17, 15) is 13.2 Å². The van der Waals surface area contributed by atoms with Crippen LogP contribution < -0.4 is 15.5 Å². The number of morpholine rings is 1. The monoisotopic (exact) mass is 428 g/mol. The number of primary sulfonamides is 1. The molecule has 3 N–H and O–H groups in total. The molecule has 0 unspecified atom stereocenters. The molecule has 0 radical (unpaired) electrons. The number of carbonyl (C=O) groups excluding carboxylic acids is 1. The fraction of sp³-hybridized carbons (Fsp3) is 0.250. The second-order valence-corrected chi connectivity index (χ2v) is 8.70. The molecular formula is C16H17ClN4O4S2. The number of halogens is 1. The van der Waals surface area contributed by atoms with Crippen LogP contribution in [0.25, 0.3) is 0 Å². The summed E-state index contributed by atoms with van der Waals surface area (Å²) in [6.07, 6.45) is 1.53. The Kier molecular flexibility index (Phi) is 6.12. The van der Waals surface area contributed by atoms with E-state index >= 15 is 0 Å². The molecule has 27 heavy (non-hydrogen) atoms. The van der Waals surface area contributed by atoms with Crippen LogP contribution in [0.1, 0.15) is 15.2 Å². The molecule has 2 aromatic rings. The maximum Gasteiger partial charge on any atom is 0.271 e. The zero-order valence-corrected chi connectivity index (χ0v) is 16.5. The fourth-order valence-corrected chi connectivity index (χ4v) is 4.45. The lowest BCUT2D eigenvalue weighted by atomic mass is 10.2. The number of hydrogen-bond acceptors (Lipinski definition) is 7. The number of anilines is 1. The first-order valence-corrected chi connectivity index (χ1v) is 10.7. The number of hydrazone groups is 1. The number of carbonyl (C=O) groups is 1. The topological polar surface area (TPSA) is 114 Å². The number of thiophene rings is 1. The van der Waals surface area contributed by atoms with Crippen molar-refractivity contribution in [2.45, 2.75) is 4.90 Å². The van der Waals surface area contributed by atoms with Crippen LogP contribution in [0, 0.1) is 0 Å². The van der Waals surface area contributed by atoms with E-state index in [1.165, 1.54) is 18.3 Å². The van der Waals surface area contributed by atoms with E-state index in [0.29, 0.717) is 13.2 Å². The molecular weight excluding hydrogens is 412 g/mol. The molecule has 1 aliphatic heterocycles. The maximum atomic E-state index is 12.2. The molecule has 2 heterocycles. The molecule has 0 atom stereocenters. The van der Waals surface area contributed by atoms with Crippen LogP contribution in [0.3, 0.4) is 0 Å². The standard InChI is InChI=1S/C16H17ClN4O4S2/c17-13-3-1-11(9-14(13)27(18,23)24)16(22)20-19-10-12-2-4-15(26-12)21-5-7-25-8-6-21/h1-4,9-10H,5-8H2,(H,20,22)(H2,18,23,24)/b19-10+. The summed E-state index contributed by atoms with van der Waals surface area (Å²) in [5.74, 6) is -0.572. The molecule has 11 heteroatoms. The van der Waals surface area contributed by atoms with Crippen molar-refractivity contribution in [3.8, 4) is 0 Å². The third-order valence-corrected chi connectivity index (χ3v) is 6.27. The molecule has 0 spiro atoms. The van der Waals surface area contributed by atoms with Crippen molar-refractivity contribution in [1.29, 1.82) is 0 Å². The summed E-state index contributed by atoms with van der Waals surface area (Å²) >= 11 is 7.36. The van der Waals surface area contributed by atoms with Gasteiger partial charge in [0.2, 0.25) is 10.0 Å². The van der Waals surface area contributed by atoms with Crippen molar-refractivity contribution in [3.05, 3.63) is 45.8 Å². The smallest absolute Gasteiger partial charge is 0.271 e. The van der Waals surface area contributed by atoms with E-state index in [1.54, 1.807) is 11.3 Å². The van der Waals surface area contributed by atoms with Gasteiger partial charge in [-0.25, -0.2) is 19.0 Å². The van der Waals surface area contributed by atoms with Crippen molar-refractivity contribution in [1.82, 2.24) is 5.43 Å². The second kappa shape index (κ2) is 8.36. The van der Waals surface area contributed by atoms with Gasteiger partial charge in [-0.3, -0.25) is 4.79 Å². The fourth-order valence-electron chi connectivity index (χ4n) is 2.45. The van der Waals surface area contributed by atoms with Crippen LogP contribution in [0.2, 0.25) is 5.02 Å². The zero-order valence-electron chi connectivity index (χ0n) is 14.1. The van der Waals surface area contributed by atoms with Crippen LogP contribution >= 0.6 is 22.9 Å². The van der Waals surface area contributed by atoms with Crippen LogP contribution in [-0.2, 0) is 14.8 Å². The Morgan fingerprint density at radius 1 is 1.30 bits per heavy atom. The molecule has 1 fully saturated rings. The number of hydrogen-bond donors (Lipinski definition) is 2. The van der Waals surface area contributed by atoms with Crippen molar-refractivity contribution in [3.63, 3.8) is 0 Å². The minimum absolute atomic E-state index is 0.0493. The number of sulfonamides is 1. The number of nitrogens with one attached hydrogen (secondary N) is 1. The maximum absolute atomic E-state index is 12.2. The lowest BCUT2D eigenvalue weighted by Crippen LogP contribution is -2.35. The van der Waals surface area contributed by atoms with Gasteiger partial charge in [0.1, 0.15) is 4.90 Å². The molecule has 1 aromatic carbocycles. The average Bonchev–Trinajstić information content (AvgIpc) is 3.10. The quantitative estimate of drug-likeness (QED) is 0.555. The molecule has 0 saturated carbocycles. The van der Waals surface area contributed by atoms with Crippen LogP contribution in [-0.4, -0.2) is 46.8 Å². The number of rotatable bonds is 5. The summed E-state index contributed by atoms with van der Waals surface area (Å²) < 4.78 is 28.3. The lowest BCUT2D eigenvalue weighted by molar-refractivity contribution is 0.0955. The molecule has 0 bridgehead atoms. The third-order valence-electron chi connectivity index (χ3n) is 3.79. The highest BCUT2D eigenvalue weighted by atomic mass is 35.5. The van der Waals surface area contributed by atoms with E-state index in [2.05, 4.69) is 15.4 Å². The Labute approximate surface area is 165 Å². The SMILES string of the molecule is NS(=O)(=O)c1cc(C(=O)N/N=C/c2ccc(N3CCOCC3)s2)ccc1Cl. The predicted octanol–water partition coefficient (Wildman–Crippen LogP) is 1.65. The number of amides is 1. The molecule has 1 aliphatic rings. The summed E-state index contributed by atoms with van der Waals surface area (Å²) in [7, 11) is -4.02. The Bertz CT molecular complexity index is 969. The highest BCUT2D eigenvalue weighted by molar-refractivity contribution is 7.89. The summed E-state index contributed by atoms with van der Waals surface area (Å²) in [5, 5.41) is 10.1. The van der Waals surface area contributed by atoms with Crippen molar-refractivity contribution < 1.29 is 17.9 Å². The summed E-state index contributed by atoms with van der Waals surface area (Å²) in [6, 6.07) is 7.71. The number of ether oxygens (including phenoxy) is 1. The molecule has 1 aromatic heterocycles. The van der Waals surface area contributed by atoms with Gasteiger partial charge in [0, 0.05) is 23.5 Å². The number of nitrogens with zero attached hydrogens (tertiary/aromatic N) is 2. The van der Waals surface area contributed by atoms with E-state index in [1.807, 2.05) is 12.1 Å². The normalized spacial score (nSPS) is 15.3. The highest BCUT2D eigenvalue weighted by Crippen LogP contribution is 2.25. The first-order chi connectivity index (χ1) is 12.8. The van der Waals surface area contributed by atoms with Crippen molar-refractivity contribution in [2.75, 3.05) is 31.2 Å². The van der Waals surface area contributed by atoms with Gasteiger partial charge in [0.05, 0.1) is 29.5 Å². The van der Waals surface area contributed by atoms with E-state index in [0.717, 1.165) is 29.0 Å². The van der Waals surface area contributed by atoms with Gasteiger partial charge in [0.25, 0.3) is 5.91 Å². The predicted molar refractivity (Wildman–Crippen MR) is 105 cm³/mol. The van der Waals surface area contributed by atoms with Crippen molar-refractivity contribution >= 4 is 50.1 Å². The minimum Gasteiger partial charge on any atom is -0.378 e. The molecule has 144 valence electrons. The minimum atomic E-state index is -4.02. The average molecular weight is 429 g/mol. The molecule has 1 amide bonds. The van der Waals surface area contributed by atoms with E-state index < -0.39 is 15.9 Å². The summed E-state index contributed by atoms with van der Waals surface area (Å²) in [4.78, 5) is 14.9. The molecule has 0 aliphatic carbocycles. The van der Waals surface area contributed by atoms with Gasteiger partial charge in [-0.2, -0.15) is 5.10 Å². The first-order valence-electron chi connectivity index (χ1n) is 7.93. The number of benzene rings is 1. The summed E-state index contributed by atoms with van der Waals surface area (Å²) in [6.45, 7) is 3.10. The Morgan fingerprint density at radius 3 is 2.74 bits per heavy atom. The van der Waals surface area contributed by atoms with Gasteiger partial charge < -0.3 is 9.64 Å². The Morgan fingerprint density at radius 2 is 2.04 bits per heavy atom. The van der Waals surface area contributed by atoms with Crippen LogP contribution in [0.15, 0.2) is 40.3 Å². The van der Waals surface area contributed by atoms with Crippen LogP contribution in [0.5, 0.6) is 0 Å². The van der Waals surface area contributed by atoms with Gasteiger partial charge >= 0.3 is 0 Å². The van der Waals surface area contributed by atoms with Crippen molar-refractivity contribution in [2.24, 2.45) is 10.2 Å². The van der Waals surface area contributed by atoms with Crippen LogP contribution in [0.4, 0.5) is 5.00 Å². The van der Waals surface area contributed by atoms with Gasteiger partial charge in [-0.1, -0.05) is 11.6 Å². The molecule has 8 nitrogen and oxygen atoms in total. The third kappa shape index (κ3) is 5.05. The van der Waals surface area contributed by atoms with Gasteiger partial charge in [0.15, 0.2) is 0 Å².